The quantitative estimate of drug-likeness (QED) is 0.348. The number of nitrogens with zero attached hydrogens (tertiary/aromatic N) is 4. The number of pyridine rings is 1. The highest BCUT2D eigenvalue weighted by atomic mass is 35.5. The number of benzene rings is 1. The van der Waals surface area contributed by atoms with Crippen molar-refractivity contribution >= 4 is 55.5 Å². The molecule has 4 aromatic rings. The number of anilines is 1. The second kappa shape index (κ2) is 10.0. The molecule has 1 saturated heterocycles. The van der Waals surface area contributed by atoms with Gasteiger partial charge in [0.05, 0.1) is 17.3 Å². The lowest BCUT2D eigenvalue weighted by atomic mass is 10.1. The minimum absolute atomic E-state index is 0.0477. The van der Waals surface area contributed by atoms with Crippen LogP contribution in [0.5, 0.6) is 11.8 Å². The first kappa shape index (κ1) is 24.3. The van der Waals surface area contributed by atoms with E-state index in [9.17, 15) is 4.79 Å². The van der Waals surface area contributed by atoms with Crippen molar-refractivity contribution in [2.45, 2.75) is 38.5 Å². The van der Waals surface area contributed by atoms with Gasteiger partial charge in [-0.2, -0.15) is 4.98 Å². The second-order valence-electron chi connectivity index (χ2n) is 9.52. The molecule has 37 heavy (non-hydrogen) atoms. The van der Waals surface area contributed by atoms with Crippen LogP contribution in [0.4, 0.5) is 5.69 Å². The molecule has 0 spiro atoms. The van der Waals surface area contributed by atoms with Crippen molar-refractivity contribution < 1.29 is 14.3 Å². The summed E-state index contributed by atoms with van der Waals surface area (Å²) in [5.41, 5.74) is 2.47. The Morgan fingerprint density at radius 3 is 3.00 bits per heavy atom. The lowest BCUT2D eigenvalue weighted by Crippen LogP contribution is -2.38. The number of carbonyl (C=O) groups is 1. The van der Waals surface area contributed by atoms with Crippen LogP contribution < -0.4 is 15.4 Å². The van der Waals surface area contributed by atoms with Gasteiger partial charge in [0.2, 0.25) is 17.0 Å². The molecule has 1 amide bonds. The third-order valence-corrected chi connectivity index (χ3v) is 8.19. The van der Waals surface area contributed by atoms with Crippen LogP contribution >= 0.6 is 22.9 Å². The van der Waals surface area contributed by atoms with Crippen LogP contribution in [0.2, 0.25) is 5.28 Å². The molecule has 3 aromatic heterocycles. The average Bonchev–Trinajstić information content (AvgIpc) is 3.22. The van der Waals surface area contributed by atoms with Gasteiger partial charge in [-0.1, -0.05) is 0 Å². The van der Waals surface area contributed by atoms with Crippen LogP contribution in [0.1, 0.15) is 35.0 Å². The van der Waals surface area contributed by atoms with Gasteiger partial charge in [-0.15, -0.1) is 11.3 Å². The van der Waals surface area contributed by atoms with Crippen molar-refractivity contribution in [1.82, 2.24) is 25.2 Å². The maximum absolute atomic E-state index is 12.7. The molecule has 1 aromatic carbocycles. The Balaban J connectivity index is 1.32. The van der Waals surface area contributed by atoms with Crippen LogP contribution in [0, 0.1) is 0 Å². The zero-order valence-electron chi connectivity index (χ0n) is 20.6. The van der Waals surface area contributed by atoms with Gasteiger partial charge in [0.15, 0.2) is 0 Å². The molecule has 0 saturated carbocycles. The Kier molecular flexibility index (Phi) is 6.58. The predicted molar refractivity (Wildman–Crippen MR) is 145 cm³/mol. The number of hydrogen-bond acceptors (Lipinski definition) is 9. The van der Waals surface area contributed by atoms with E-state index in [1.165, 1.54) is 11.3 Å². The van der Waals surface area contributed by atoms with E-state index < -0.39 is 0 Å². The third-order valence-electron chi connectivity index (χ3n) is 6.85. The van der Waals surface area contributed by atoms with Crippen molar-refractivity contribution in [2.75, 3.05) is 32.1 Å². The first-order valence-electron chi connectivity index (χ1n) is 12.3. The molecule has 9 nitrogen and oxygen atoms in total. The molecule has 1 fully saturated rings. The Morgan fingerprint density at radius 2 is 2.14 bits per heavy atom. The fourth-order valence-electron chi connectivity index (χ4n) is 5.02. The van der Waals surface area contributed by atoms with Crippen LogP contribution in [-0.4, -0.2) is 64.6 Å². The number of fused-ring (bicyclic) bond motifs is 5. The monoisotopic (exact) mass is 538 g/mol. The molecule has 2 aliphatic rings. The molecular weight excluding hydrogens is 512 g/mol. The number of amides is 1. The summed E-state index contributed by atoms with van der Waals surface area (Å²) in [5.74, 6) is 0.759. The molecule has 0 bridgehead atoms. The van der Waals surface area contributed by atoms with Gasteiger partial charge in [0.25, 0.3) is 5.91 Å². The minimum Gasteiger partial charge on any atom is -0.420 e. The van der Waals surface area contributed by atoms with E-state index in [1.807, 2.05) is 31.2 Å². The summed E-state index contributed by atoms with van der Waals surface area (Å²) in [6.07, 6.45) is 4.07. The maximum atomic E-state index is 12.7. The van der Waals surface area contributed by atoms with Gasteiger partial charge in [0, 0.05) is 66.1 Å². The zero-order valence-corrected chi connectivity index (χ0v) is 22.2. The standard InChI is InChI=1S/C26H27ClN6O3S/c1-14-10-28-22-21-17-5-8-20(31-18(17)6-7-19(21)37-23(22)24(34)30-14)36-25-15(11-29-26(27)32-25)12-33-9-3-4-16(13-33)35-2/h5-8,11,14,16,28H,3-4,9-10,12-13H2,1-2H3,(H,30,34)/t14-,16+/m0/s1. The highest BCUT2D eigenvalue weighted by Crippen LogP contribution is 2.41. The van der Waals surface area contributed by atoms with Gasteiger partial charge in [-0.05, 0) is 56.1 Å². The Morgan fingerprint density at radius 1 is 1.24 bits per heavy atom. The highest BCUT2D eigenvalue weighted by molar-refractivity contribution is 7.21. The molecule has 2 aliphatic heterocycles. The predicted octanol–water partition coefficient (Wildman–Crippen LogP) is 4.84. The number of hydrogen-bond donors (Lipinski definition) is 2. The summed E-state index contributed by atoms with van der Waals surface area (Å²) in [6, 6.07) is 7.81. The topological polar surface area (TPSA) is 102 Å². The number of carbonyl (C=O) groups excluding carboxylic acids is 1. The van der Waals surface area contributed by atoms with Gasteiger partial charge in [-0.25, -0.2) is 9.97 Å². The number of rotatable bonds is 5. The van der Waals surface area contributed by atoms with Crippen LogP contribution in [0.25, 0.3) is 21.0 Å². The molecule has 0 radical (unpaired) electrons. The molecule has 0 aliphatic carbocycles. The van der Waals surface area contributed by atoms with Crippen molar-refractivity contribution in [2.24, 2.45) is 0 Å². The van der Waals surface area contributed by atoms with Crippen molar-refractivity contribution in [3.63, 3.8) is 0 Å². The number of ether oxygens (including phenoxy) is 2. The van der Waals surface area contributed by atoms with Gasteiger partial charge >= 0.3 is 0 Å². The number of aromatic nitrogens is 3. The van der Waals surface area contributed by atoms with Crippen LogP contribution in [0.3, 0.4) is 0 Å². The summed E-state index contributed by atoms with van der Waals surface area (Å²) >= 11 is 7.62. The zero-order chi connectivity index (χ0) is 25.5. The van der Waals surface area contributed by atoms with Crippen molar-refractivity contribution in [3.05, 3.63) is 46.2 Å². The highest BCUT2D eigenvalue weighted by Gasteiger charge is 2.25. The number of likely N-dealkylation sites (tertiary alicyclic amines) is 1. The lowest BCUT2D eigenvalue weighted by Gasteiger charge is -2.31. The SMILES string of the molecule is CO[C@@H]1CCCN(Cc2cnc(Cl)nc2Oc2ccc3c(ccc4sc5c(c43)NC[C@H](C)NC5=O)n2)C1. The molecule has 2 N–H and O–H groups in total. The number of nitrogens with one attached hydrogen (secondary N) is 2. The summed E-state index contributed by atoms with van der Waals surface area (Å²) in [5, 5.41) is 8.56. The van der Waals surface area contributed by atoms with Crippen LogP contribution in [0.15, 0.2) is 30.5 Å². The summed E-state index contributed by atoms with van der Waals surface area (Å²) < 4.78 is 12.8. The average molecular weight is 539 g/mol. The van der Waals surface area contributed by atoms with E-state index >= 15 is 0 Å². The van der Waals surface area contributed by atoms with E-state index in [-0.39, 0.29) is 23.3 Å². The Bertz CT molecular complexity index is 1490. The van der Waals surface area contributed by atoms with E-state index in [4.69, 9.17) is 26.1 Å². The van der Waals surface area contributed by atoms with Gasteiger partial charge < -0.3 is 20.1 Å². The molecule has 0 unspecified atom stereocenters. The Labute approximate surface area is 223 Å². The van der Waals surface area contributed by atoms with Crippen molar-refractivity contribution in [1.29, 1.82) is 0 Å². The fourth-order valence-corrected chi connectivity index (χ4v) is 6.24. The maximum Gasteiger partial charge on any atom is 0.263 e. The Hall–Kier alpha value is -3.05. The number of thiophene rings is 1. The molecule has 5 heterocycles. The number of piperidine rings is 1. The van der Waals surface area contributed by atoms with E-state index in [2.05, 4.69) is 25.5 Å². The molecule has 6 rings (SSSR count). The molecule has 11 heteroatoms. The largest absolute Gasteiger partial charge is 0.420 e. The summed E-state index contributed by atoms with van der Waals surface area (Å²) in [4.78, 5) is 29.0. The summed E-state index contributed by atoms with van der Waals surface area (Å²) in [7, 11) is 1.76. The number of methoxy groups -OCH3 is 1. The molecular formula is C26H27ClN6O3S. The fraction of sp³-hybridized carbons (Fsp3) is 0.385. The molecule has 192 valence electrons. The smallest absolute Gasteiger partial charge is 0.263 e. The third kappa shape index (κ3) is 4.82. The second-order valence-corrected chi connectivity index (χ2v) is 10.9. The molecule has 2 atom stereocenters. The van der Waals surface area contributed by atoms with E-state index in [1.54, 1.807) is 13.3 Å². The van der Waals surface area contributed by atoms with Crippen LogP contribution in [-0.2, 0) is 11.3 Å². The van der Waals surface area contributed by atoms with E-state index in [0.29, 0.717) is 29.7 Å². The van der Waals surface area contributed by atoms with E-state index in [0.717, 1.165) is 58.2 Å². The normalized spacial score (nSPS) is 20.4. The first-order valence-corrected chi connectivity index (χ1v) is 13.5. The first-order chi connectivity index (χ1) is 18.0. The lowest BCUT2D eigenvalue weighted by molar-refractivity contribution is 0.0282. The van der Waals surface area contributed by atoms with Gasteiger partial charge in [-0.3, -0.25) is 9.69 Å². The number of halogens is 1. The minimum atomic E-state index is -0.0477. The van der Waals surface area contributed by atoms with Crippen molar-refractivity contribution in [3.8, 4) is 11.8 Å². The summed E-state index contributed by atoms with van der Waals surface area (Å²) in [6.45, 7) is 5.10. The van der Waals surface area contributed by atoms with Gasteiger partial charge in [0.1, 0.15) is 4.88 Å².